The molecule has 0 spiro atoms. The molecule has 0 bridgehead atoms. The van der Waals surface area contributed by atoms with Gasteiger partial charge in [-0.3, -0.25) is 14.9 Å². The van der Waals surface area contributed by atoms with E-state index < -0.39 is 24.4 Å². The zero-order chi connectivity index (χ0) is 23.3. The lowest BCUT2D eigenvalue weighted by molar-refractivity contribution is -0.123. The van der Waals surface area contributed by atoms with Gasteiger partial charge in [-0.25, -0.2) is 9.48 Å². The minimum Gasteiger partial charge on any atom is -0.496 e. The monoisotopic (exact) mass is 475 g/mol. The molecule has 0 fully saturated rings. The number of ether oxygens (including phenoxy) is 2. The zero-order valence-corrected chi connectivity index (χ0v) is 18.7. The van der Waals surface area contributed by atoms with Crippen molar-refractivity contribution in [3.8, 4) is 5.75 Å². The summed E-state index contributed by atoms with van der Waals surface area (Å²) in [4.78, 5) is 36.9. The number of nitrogens with zero attached hydrogens (tertiary/aromatic N) is 2. The summed E-state index contributed by atoms with van der Waals surface area (Å²) in [5.41, 5.74) is 1.31. The van der Waals surface area contributed by atoms with E-state index in [1.807, 2.05) is 12.1 Å². The second kappa shape index (κ2) is 10.3. The molecule has 8 nitrogen and oxygen atoms in total. The van der Waals surface area contributed by atoms with Crippen LogP contribution in [0.15, 0.2) is 48.5 Å². The van der Waals surface area contributed by atoms with Gasteiger partial charge >= 0.3 is 5.97 Å². The molecule has 0 radical (unpaired) electrons. The Bertz CT molecular complexity index is 1180. The number of benzene rings is 2. The Morgan fingerprint density at radius 3 is 2.47 bits per heavy atom. The van der Waals surface area contributed by atoms with Crippen LogP contribution in [0.2, 0.25) is 10.2 Å². The molecule has 0 aliphatic carbocycles. The normalized spacial score (nSPS) is 10.5. The van der Waals surface area contributed by atoms with Crippen molar-refractivity contribution in [1.82, 2.24) is 15.1 Å². The standard InChI is InChI=1S/C22H19Cl2N3O5/c1-13-19(20(24)27(26-13)11-14-7-3-5-9-16(14)23)22(30)32-12-18(28)25-21(29)15-8-4-6-10-17(15)31-2/h3-10H,11-12H2,1-2H3,(H,25,28,29). The van der Waals surface area contributed by atoms with Gasteiger partial charge in [0.25, 0.3) is 11.8 Å². The summed E-state index contributed by atoms with van der Waals surface area (Å²) in [7, 11) is 1.41. The first-order chi connectivity index (χ1) is 15.3. The fourth-order valence-corrected chi connectivity index (χ4v) is 3.45. The Labute approximate surface area is 194 Å². The Morgan fingerprint density at radius 1 is 1.06 bits per heavy atom. The van der Waals surface area contributed by atoms with E-state index in [-0.39, 0.29) is 22.8 Å². The van der Waals surface area contributed by atoms with Gasteiger partial charge in [0.15, 0.2) is 6.61 Å². The summed E-state index contributed by atoms with van der Waals surface area (Å²) in [6.45, 7) is 1.17. The van der Waals surface area contributed by atoms with E-state index in [2.05, 4.69) is 10.4 Å². The van der Waals surface area contributed by atoms with E-state index in [1.165, 1.54) is 17.9 Å². The minimum atomic E-state index is -0.835. The number of aromatic nitrogens is 2. The molecule has 0 saturated heterocycles. The van der Waals surface area contributed by atoms with Crippen LogP contribution >= 0.6 is 23.2 Å². The van der Waals surface area contributed by atoms with E-state index in [1.54, 1.807) is 37.3 Å². The van der Waals surface area contributed by atoms with Gasteiger partial charge in [-0.05, 0) is 30.7 Å². The molecule has 2 aromatic carbocycles. The lowest BCUT2D eigenvalue weighted by Gasteiger charge is -2.09. The maximum Gasteiger partial charge on any atom is 0.343 e. The number of nitrogens with one attached hydrogen (secondary N) is 1. The van der Waals surface area contributed by atoms with Gasteiger partial charge in [-0.15, -0.1) is 0 Å². The van der Waals surface area contributed by atoms with Crippen LogP contribution in [0.5, 0.6) is 5.75 Å². The third-order valence-corrected chi connectivity index (χ3v) is 5.24. The van der Waals surface area contributed by atoms with Gasteiger partial charge in [0, 0.05) is 5.02 Å². The second-order valence-corrected chi connectivity index (χ2v) is 7.42. The summed E-state index contributed by atoms with van der Waals surface area (Å²) in [5, 5.41) is 7.00. The van der Waals surface area contributed by atoms with Crippen molar-refractivity contribution in [2.45, 2.75) is 13.5 Å². The molecule has 0 unspecified atom stereocenters. The summed E-state index contributed by atoms with van der Waals surface area (Å²) in [5.74, 6) is -2.00. The highest BCUT2D eigenvalue weighted by Crippen LogP contribution is 2.24. The van der Waals surface area contributed by atoms with Gasteiger partial charge < -0.3 is 9.47 Å². The molecule has 32 heavy (non-hydrogen) atoms. The molecule has 3 rings (SSSR count). The van der Waals surface area contributed by atoms with Gasteiger partial charge in [0.1, 0.15) is 16.5 Å². The molecule has 166 valence electrons. The highest BCUT2D eigenvalue weighted by atomic mass is 35.5. The Balaban J connectivity index is 1.63. The molecule has 1 N–H and O–H groups in total. The van der Waals surface area contributed by atoms with Crippen LogP contribution in [0.1, 0.15) is 32.0 Å². The highest BCUT2D eigenvalue weighted by Gasteiger charge is 2.23. The quantitative estimate of drug-likeness (QED) is 0.523. The molecular weight excluding hydrogens is 457 g/mol. The molecule has 1 aromatic heterocycles. The van der Waals surface area contributed by atoms with E-state index in [9.17, 15) is 14.4 Å². The van der Waals surface area contributed by atoms with Crippen molar-refractivity contribution in [1.29, 1.82) is 0 Å². The Hall–Kier alpha value is -3.36. The first kappa shape index (κ1) is 23.3. The van der Waals surface area contributed by atoms with Crippen LogP contribution in [0.3, 0.4) is 0 Å². The SMILES string of the molecule is COc1ccccc1C(=O)NC(=O)COC(=O)c1c(C)nn(Cc2ccccc2Cl)c1Cl. The number of para-hydroxylation sites is 1. The maximum atomic E-state index is 12.5. The second-order valence-electron chi connectivity index (χ2n) is 6.65. The van der Waals surface area contributed by atoms with Crippen molar-refractivity contribution in [2.24, 2.45) is 0 Å². The van der Waals surface area contributed by atoms with Crippen LogP contribution in [-0.2, 0) is 16.1 Å². The highest BCUT2D eigenvalue weighted by molar-refractivity contribution is 6.33. The fraction of sp³-hybridized carbons (Fsp3) is 0.182. The Morgan fingerprint density at radius 2 is 1.75 bits per heavy atom. The van der Waals surface area contributed by atoms with E-state index in [0.29, 0.717) is 16.5 Å². The third-order valence-electron chi connectivity index (χ3n) is 4.49. The number of hydrogen-bond acceptors (Lipinski definition) is 6. The van der Waals surface area contributed by atoms with Crippen molar-refractivity contribution in [3.05, 3.63) is 81.1 Å². The average Bonchev–Trinajstić information content (AvgIpc) is 3.06. The first-order valence-electron chi connectivity index (χ1n) is 9.42. The number of carbonyl (C=O) groups excluding carboxylic acids is 3. The minimum absolute atomic E-state index is 0.0302. The Kier molecular flexibility index (Phi) is 7.50. The number of amides is 2. The van der Waals surface area contributed by atoms with Gasteiger partial charge in [0.2, 0.25) is 0 Å². The largest absolute Gasteiger partial charge is 0.496 e. The molecule has 3 aromatic rings. The number of imide groups is 1. The fourth-order valence-electron chi connectivity index (χ4n) is 2.94. The predicted octanol–water partition coefficient (Wildman–Crippen LogP) is 3.67. The number of rotatable bonds is 7. The van der Waals surface area contributed by atoms with Crippen LogP contribution in [0.25, 0.3) is 0 Å². The average molecular weight is 476 g/mol. The van der Waals surface area contributed by atoms with Gasteiger partial charge in [0.05, 0.1) is 24.9 Å². The van der Waals surface area contributed by atoms with Crippen LogP contribution < -0.4 is 10.1 Å². The van der Waals surface area contributed by atoms with Crippen molar-refractivity contribution < 1.29 is 23.9 Å². The summed E-state index contributed by atoms with van der Waals surface area (Å²) < 4.78 is 11.5. The van der Waals surface area contributed by atoms with E-state index >= 15 is 0 Å². The molecule has 0 atom stereocenters. The topological polar surface area (TPSA) is 99.5 Å². The molecule has 0 aliphatic heterocycles. The number of aryl methyl sites for hydroxylation is 1. The molecule has 10 heteroatoms. The molecular formula is C22H19Cl2N3O5. The van der Waals surface area contributed by atoms with Crippen molar-refractivity contribution >= 4 is 41.0 Å². The number of methoxy groups -OCH3 is 1. The van der Waals surface area contributed by atoms with E-state index in [0.717, 1.165) is 5.56 Å². The van der Waals surface area contributed by atoms with Gasteiger partial charge in [-0.1, -0.05) is 53.5 Å². The maximum absolute atomic E-state index is 12.5. The number of carbonyl (C=O) groups is 3. The lowest BCUT2D eigenvalue weighted by Crippen LogP contribution is -2.34. The lowest BCUT2D eigenvalue weighted by atomic mass is 10.2. The van der Waals surface area contributed by atoms with Crippen LogP contribution in [0.4, 0.5) is 0 Å². The third kappa shape index (κ3) is 5.27. The summed E-state index contributed by atoms with van der Waals surface area (Å²) >= 11 is 12.5. The number of halogens is 2. The molecule has 2 amide bonds. The van der Waals surface area contributed by atoms with Crippen molar-refractivity contribution in [2.75, 3.05) is 13.7 Å². The van der Waals surface area contributed by atoms with Crippen LogP contribution in [0, 0.1) is 6.92 Å². The zero-order valence-electron chi connectivity index (χ0n) is 17.2. The molecule has 0 aliphatic rings. The molecule has 1 heterocycles. The molecule has 0 saturated carbocycles. The first-order valence-corrected chi connectivity index (χ1v) is 10.2. The number of hydrogen-bond donors (Lipinski definition) is 1. The summed E-state index contributed by atoms with van der Waals surface area (Å²) in [6.07, 6.45) is 0. The van der Waals surface area contributed by atoms with Gasteiger partial charge in [-0.2, -0.15) is 5.10 Å². The van der Waals surface area contributed by atoms with Crippen LogP contribution in [-0.4, -0.2) is 41.3 Å². The van der Waals surface area contributed by atoms with Crippen molar-refractivity contribution in [3.63, 3.8) is 0 Å². The summed E-state index contributed by atoms with van der Waals surface area (Å²) in [6, 6.07) is 13.6. The number of esters is 1. The predicted molar refractivity (Wildman–Crippen MR) is 118 cm³/mol. The van der Waals surface area contributed by atoms with E-state index in [4.69, 9.17) is 32.7 Å². The smallest absolute Gasteiger partial charge is 0.343 e.